The van der Waals surface area contributed by atoms with Crippen molar-refractivity contribution >= 4 is 29.5 Å². The van der Waals surface area contributed by atoms with Gasteiger partial charge in [0.25, 0.3) is 5.24 Å². The molecule has 1 amide bonds. The molecule has 0 aliphatic carbocycles. The first-order valence-corrected chi connectivity index (χ1v) is 5.24. The van der Waals surface area contributed by atoms with Gasteiger partial charge in [-0.15, -0.1) is 0 Å². The van der Waals surface area contributed by atoms with Crippen LogP contribution in [0.3, 0.4) is 0 Å². The van der Waals surface area contributed by atoms with E-state index in [1.165, 1.54) is 6.07 Å². The van der Waals surface area contributed by atoms with Crippen LogP contribution < -0.4 is 5.32 Å². The van der Waals surface area contributed by atoms with Gasteiger partial charge in [-0.1, -0.05) is 24.2 Å². The van der Waals surface area contributed by atoms with E-state index in [0.717, 1.165) is 0 Å². The van der Waals surface area contributed by atoms with Crippen molar-refractivity contribution in [2.75, 3.05) is 6.54 Å². The number of nitrogens with one attached hydrogen (secondary N) is 1. The second kappa shape index (κ2) is 5.37. The number of thiol groups is 1. The van der Waals surface area contributed by atoms with E-state index in [4.69, 9.17) is 11.6 Å². The second-order valence-electron chi connectivity index (χ2n) is 3.17. The van der Waals surface area contributed by atoms with Crippen molar-refractivity contribution in [3.63, 3.8) is 0 Å². The van der Waals surface area contributed by atoms with Crippen LogP contribution in [-0.2, 0) is 6.42 Å². The minimum absolute atomic E-state index is 0.286. The lowest BCUT2D eigenvalue weighted by Crippen LogP contribution is -2.19. The Morgan fingerprint density at radius 2 is 2.27 bits per heavy atom. The largest absolute Gasteiger partial charge is 0.347 e. The van der Waals surface area contributed by atoms with Gasteiger partial charge >= 0.3 is 0 Å². The molecule has 0 saturated carbocycles. The summed E-state index contributed by atoms with van der Waals surface area (Å²) in [5, 5.41) is 2.61. The van der Waals surface area contributed by atoms with Crippen molar-refractivity contribution in [2.45, 2.75) is 13.3 Å². The van der Waals surface area contributed by atoms with Gasteiger partial charge in [-0.2, -0.15) is 0 Å². The van der Waals surface area contributed by atoms with Gasteiger partial charge in [-0.05, 0) is 36.6 Å². The van der Waals surface area contributed by atoms with Crippen LogP contribution in [0.25, 0.3) is 0 Å². The lowest BCUT2D eigenvalue weighted by Gasteiger charge is -2.06. The summed E-state index contributed by atoms with van der Waals surface area (Å²) in [6.07, 6.45) is 0.488. The first-order valence-electron chi connectivity index (χ1n) is 4.42. The van der Waals surface area contributed by atoms with Crippen LogP contribution in [0.15, 0.2) is 12.1 Å². The summed E-state index contributed by atoms with van der Waals surface area (Å²) in [7, 11) is 0. The maximum Gasteiger partial charge on any atom is 0.275 e. The number of carbonyl (C=O) groups is 1. The Morgan fingerprint density at radius 1 is 1.60 bits per heavy atom. The molecule has 1 rings (SSSR count). The van der Waals surface area contributed by atoms with E-state index in [2.05, 4.69) is 17.9 Å². The number of amides is 1. The molecular formula is C10H11ClFNOS. The number of benzene rings is 1. The Labute approximate surface area is 98.2 Å². The molecule has 0 spiro atoms. The van der Waals surface area contributed by atoms with Gasteiger partial charge in [0.2, 0.25) is 0 Å². The van der Waals surface area contributed by atoms with E-state index in [9.17, 15) is 9.18 Å². The third-order valence-corrected chi connectivity index (χ3v) is 2.51. The summed E-state index contributed by atoms with van der Waals surface area (Å²) in [6.45, 7) is 2.05. The first-order chi connectivity index (χ1) is 7.00. The normalized spacial score (nSPS) is 10.1. The molecule has 0 heterocycles. The van der Waals surface area contributed by atoms with Crippen molar-refractivity contribution in [1.82, 2.24) is 5.32 Å². The van der Waals surface area contributed by atoms with Gasteiger partial charge in [0.1, 0.15) is 5.82 Å². The van der Waals surface area contributed by atoms with Gasteiger partial charge in [-0.3, -0.25) is 4.79 Å². The third-order valence-electron chi connectivity index (χ3n) is 2.00. The van der Waals surface area contributed by atoms with Crippen LogP contribution in [0.4, 0.5) is 9.18 Å². The fourth-order valence-corrected chi connectivity index (χ4v) is 1.61. The Balaban J connectivity index is 2.69. The molecule has 0 aliphatic rings. The molecule has 2 nitrogen and oxygen atoms in total. The van der Waals surface area contributed by atoms with Crippen molar-refractivity contribution in [3.8, 4) is 0 Å². The molecule has 1 aromatic rings. The molecule has 1 aromatic carbocycles. The predicted octanol–water partition coefficient (Wildman–Crippen LogP) is 2.97. The van der Waals surface area contributed by atoms with Crippen LogP contribution in [-0.4, -0.2) is 11.8 Å². The number of aryl methyl sites for hydroxylation is 1. The molecule has 0 aromatic heterocycles. The summed E-state index contributed by atoms with van der Waals surface area (Å²) in [4.78, 5) is 10.5. The molecule has 82 valence electrons. The molecule has 0 radical (unpaired) electrons. The second-order valence-corrected chi connectivity index (χ2v) is 3.99. The molecule has 0 fully saturated rings. The minimum atomic E-state index is -0.404. The highest BCUT2D eigenvalue weighted by molar-refractivity contribution is 7.96. The van der Waals surface area contributed by atoms with E-state index in [1.54, 1.807) is 13.0 Å². The molecule has 0 bridgehead atoms. The van der Waals surface area contributed by atoms with Crippen LogP contribution in [0.1, 0.15) is 11.1 Å². The van der Waals surface area contributed by atoms with E-state index < -0.39 is 5.24 Å². The molecule has 0 aliphatic heterocycles. The van der Waals surface area contributed by atoms with Crippen LogP contribution in [0, 0.1) is 12.7 Å². The molecule has 0 atom stereocenters. The van der Waals surface area contributed by atoms with E-state index in [1.807, 2.05) is 0 Å². The van der Waals surface area contributed by atoms with Crippen LogP contribution in [0.2, 0.25) is 5.02 Å². The zero-order valence-corrected chi connectivity index (χ0v) is 9.83. The Morgan fingerprint density at radius 3 is 2.87 bits per heavy atom. The van der Waals surface area contributed by atoms with Gasteiger partial charge in [-0.25, -0.2) is 4.39 Å². The van der Waals surface area contributed by atoms with Crippen LogP contribution >= 0.6 is 24.2 Å². The number of rotatable bonds is 3. The Hall–Kier alpha value is -0.740. The highest BCUT2D eigenvalue weighted by atomic mass is 35.5. The summed E-state index contributed by atoms with van der Waals surface area (Å²) < 4.78 is 13.2. The molecule has 5 heteroatoms. The monoisotopic (exact) mass is 247 g/mol. The Bertz CT molecular complexity index is 384. The highest BCUT2D eigenvalue weighted by Gasteiger charge is 2.05. The fourth-order valence-electron chi connectivity index (χ4n) is 1.18. The summed E-state index contributed by atoms with van der Waals surface area (Å²) in [5.74, 6) is -0.286. The molecule has 1 N–H and O–H groups in total. The lowest BCUT2D eigenvalue weighted by atomic mass is 10.1. The minimum Gasteiger partial charge on any atom is -0.347 e. The predicted molar refractivity (Wildman–Crippen MR) is 62.2 cm³/mol. The maximum absolute atomic E-state index is 13.2. The van der Waals surface area contributed by atoms with E-state index in [0.29, 0.717) is 29.1 Å². The average Bonchev–Trinajstić information content (AvgIpc) is 2.13. The van der Waals surface area contributed by atoms with Crippen molar-refractivity contribution in [2.24, 2.45) is 0 Å². The third kappa shape index (κ3) is 3.72. The molecule has 0 unspecified atom stereocenters. The van der Waals surface area contributed by atoms with Gasteiger partial charge in [0.15, 0.2) is 0 Å². The van der Waals surface area contributed by atoms with Gasteiger partial charge in [0, 0.05) is 11.6 Å². The average molecular weight is 248 g/mol. The summed E-state index contributed by atoms with van der Waals surface area (Å²) in [5.41, 5.74) is 1.20. The first kappa shape index (κ1) is 12.3. The van der Waals surface area contributed by atoms with Gasteiger partial charge in [0.05, 0.1) is 0 Å². The zero-order valence-electron chi connectivity index (χ0n) is 8.18. The standard InChI is InChI=1S/C10H11ClFNOS/c1-6-4-8(11)7(5-9(6)12)2-3-13-10(14)15/h4-5H,2-3H2,1H3,(H2,13,14,15). The van der Waals surface area contributed by atoms with Crippen LogP contribution in [0.5, 0.6) is 0 Å². The smallest absolute Gasteiger partial charge is 0.275 e. The molecule has 0 saturated heterocycles. The molecule has 15 heavy (non-hydrogen) atoms. The highest BCUT2D eigenvalue weighted by Crippen LogP contribution is 2.20. The fraction of sp³-hybridized carbons (Fsp3) is 0.300. The maximum atomic E-state index is 13.2. The van der Waals surface area contributed by atoms with E-state index in [-0.39, 0.29) is 5.82 Å². The topological polar surface area (TPSA) is 29.1 Å². The van der Waals surface area contributed by atoms with Crippen molar-refractivity contribution in [1.29, 1.82) is 0 Å². The summed E-state index contributed by atoms with van der Waals surface area (Å²) >= 11 is 9.47. The summed E-state index contributed by atoms with van der Waals surface area (Å²) in [6, 6.07) is 2.97. The van der Waals surface area contributed by atoms with E-state index >= 15 is 0 Å². The zero-order chi connectivity index (χ0) is 11.4. The van der Waals surface area contributed by atoms with Crippen molar-refractivity contribution < 1.29 is 9.18 Å². The quantitative estimate of drug-likeness (QED) is 0.790. The van der Waals surface area contributed by atoms with Gasteiger partial charge < -0.3 is 5.32 Å². The number of hydrogen-bond donors (Lipinski definition) is 2. The number of hydrogen-bond acceptors (Lipinski definition) is 1. The SMILES string of the molecule is Cc1cc(Cl)c(CCNC(=O)S)cc1F. The van der Waals surface area contributed by atoms with Crippen molar-refractivity contribution in [3.05, 3.63) is 34.1 Å². The Kier molecular flexibility index (Phi) is 4.42. The molecular weight excluding hydrogens is 237 g/mol. The number of carbonyl (C=O) groups excluding carboxylic acids is 1. The lowest BCUT2D eigenvalue weighted by molar-refractivity contribution is 0.261. The number of halogens is 2.